The van der Waals surface area contributed by atoms with E-state index in [1.807, 2.05) is 0 Å². The third-order valence-corrected chi connectivity index (χ3v) is 19.6. The van der Waals surface area contributed by atoms with E-state index >= 15 is 0 Å². The molecule has 0 aliphatic carbocycles. The molecular weight excluding hydrogens is 1010 g/mol. The van der Waals surface area contributed by atoms with Gasteiger partial charge in [-0.05, 0) is 21.5 Å². The van der Waals surface area contributed by atoms with E-state index in [4.69, 9.17) is 0 Å². The van der Waals surface area contributed by atoms with Crippen molar-refractivity contribution in [3.8, 4) is 77.9 Å². The molecule has 5 radical (unpaired) electrons. The van der Waals surface area contributed by atoms with Crippen molar-refractivity contribution in [2.45, 2.75) is 0 Å². The molecular formula is C72H43Ge2. The SMILES string of the molecule is [Ge][c]1ccccc1-c1ccccc1-c1cccc2c(-c3c4cccc(-c5cccc6ccccc56)c4cc4c(-c5cccc6ccccc56)cccc34)c3cccc(-c4ccc[c]5c4-c4cccc[c]4[Ge]5)c3cc12. The Morgan fingerprint density at radius 3 is 1.04 bits per heavy atom. The molecule has 0 N–H and O–H groups in total. The molecule has 14 aromatic rings. The second-order valence-corrected chi connectivity index (χ2v) is 23.6. The first-order valence-electron chi connectivity index (χ1n) is 25.5. The molecule has 0 amide bonds. The summed E-state index contributed by atoms with van der Waals surface area (Å²) in [5, 5.41) is 14.9. The molecule has 1 heterocycles. The summed E-state index contributed by atoms with van der Waals surface area (Å²) in [5.74, 6) is 0. The van der Waals surface area contributed by atoms with Gasteiger partial charge in [0, 0.05) is 0 Å². The van der Waals surface area contributed by atoms with Crippen LogP contribution in [0.1, 0.15) is 0 Å². The van der Waals surface area contributed by atoms with Crippen LogP contribution in [0.3, 0.4) is 0 Å². The van der Waals surface area contributed by atoms with Gasteiger partial charge in [-0.3, -0.25) is 0 Å². The Morgan fingerprint density at radius 1 is 0.203 bits per heavy atom. The zero-order valence-electron chi connectivity index (χ0n) is 40.3. The van der Waals surface area contributed by atoms with Crippen molar-refractivity contribution in [3.63, 3.8) is 0 Å². The van der Waals surface area contributed by atoms with Crippen LogP contribution in [0, 0.1) is 0 Å². The molecule has 0 saturated heterocycles. The quantitative estimate of drug-likeness (QED) is 0.115. The van der Waals surface area contributed by atoms with Crippen LogP contribution in [-0.4, -0.2) is 31.9 Å². The van der Waals surface area contributed by atoms with Crippen LogP contribution in [0.5, 0.6) is 0 Å². The molecule has 0 atom stereocenters. The van der Waals surface area contributed by atoms with Crippen molar-refractivity contribution in [2.24, 2.45) is 0 Å². The molecule has 0 aromatic heterocycles. The molecule has 0 fully saturated rings. The van der Waals surface area contributed by atoms with E-state index in [-0.39, 0.29) is 0 Å². The van der Waals surface area contributed by atoms with Crippen LogP contribution >= 0.6 is 0 Å². The predicted octanol–water partition coefficient (Wildman–Crippen LogP) is 17.0. The number of fused-ring (bicyclic) bond motifs is 9. The van der Waals surface area contributed by atoms with Gasteiger partial charge in [0.05, 0.1) is 0 Å². The first kappa shape index (κ1) is 43.3. The second kappa shape index (κ2) is 17.5. The number of hydrogen-bond donors (Lipinski definition) is 0. The summed E-state index contributed by atoms with van der Waals surface area (Å²) in [7, 11) is 0. The minimum absolute atomic E-state index is 0.466. The summed E-state index contributed by atoms with van der Waals surface area (Å²) in [5.41, 5.74) is 17.8. The van der Waals surface area contributed by atoms with E-state index in [9.17, 15) is 0 Å². The molecule has 339 valence electrons. The maximum atomic E-state index is 2.54. The topological polar surface area (TPSA) is 0 Å². The number of hydrogen-bond acceptors (Lipinski definition) is 0. The molecule has 14 aromatic carbocycles. The number of benzene rings is 14. The van der Waals surface area contributed by atoms with Crippen LogP contribution in [0.25, 0.3) is 143 Å². The van der Waals surface area contributed by atoms with E-state index in [0.717, 1.165) is 0 Å². The van der Waals surface area contributed by atoms with Crippen molar-refractivity contribution in [1.29, 1.82) is 0 Å². The van der Waals surface area contributed by atoms with Gasteiger partial charge >= 0.3 is 342 Å². The summed E-state index contributed by atoms with van der Waals surface area (Å²) in [6, 6.07) is 98.5. The average molecular weight is 1050 g/mol. The molecule has 0 unspecified atom stereocenters. The molecule has 74 heavy (non-hydrogen) atoms. The third kappa shape index (κ3) is 6.75. The summed E-state index contributed by atoms with van der Waals surface area (Å²) in [4.78, 5) is 0. The van der Waals surface area contributed by atoms with Gasteiger partial charge in [-0.25, -0.2) is 0 Å². The zero-order valence-corrected chi connectivity index (χ0v) is 44.5. The van der Waals surface area contributed by atoms with Gasteiger partial charge in [-0.15, -0.1) is 0 Å². The van der Waals surface area contributed by atoms with Gasteiger partial charge in [0.1, 0.15) is 0 Å². The van der Waals surface area contributed by atoms with E-state index in [1.54, 1.807) is 0 Å². The molecule has 0 spiro atoms. The molecule has 1 aliphatic heterocycles. The molecule has 15 rings (SSSR count). The summed E-state index contributed by atoms with van der Waals surface area (Å²) in [6.07, 6.45) is 0. The van der Waals surface area contributed by atoms with E-state index < -0.39 is 15.4 Å². The van der Waals surface area contributed by atoms with E-state index in [0.29, 0.717) is 0 Å². The van der Waals surface area contributed by atoms with Gasteiger partial charge in [-0.2, -0.15) is 0 Å². The van der Waals surface area contributed by atoms with Crippen molar-refractivity contribution < 1.29 is 0 Å². The van der Waals surface area contributed by atoms with Crippen LogP contribution < -0.4 is 13.2 Å². The maximum absolute atomic E-state index is 2.54. The Labute approximate surface area is 445 Å². The fourth-order valence-corrected chi connectivity index (χ4v) is 16.1. The fourth-order valence-electron chi connectivity index (χ4n) is 12.5. The van der Waals surface area contributed by atoms with Gasteiger partial charge in [0.2, 0.25) is 0 Å². The van der Waals surface area contributed by atoms with Gasteiger partial charge in [-0.1, -0.05) is 84.9 Å². The molecule has 2 heteroatoms. The Balaban J connectivity index is 1.13. The first-order valence-corrected chi connectivity index (χ1v) is 28.6. The molecule has 0 saturated carbocycles. The Hall–Kier alpha value is -8.27. The van der Waals surface area contributed by atoms with Crippen LogP contribution in [0.4, 0.5) is 0 Å². The summed E-state index contributed by atoms with van der Waals surface area (Å²) < 4.78 is 4.29. The molecule has 0 bridgehead atoms. The predicted molar refractivity (Wildman–Crippen MR) is 320 cm³/mol. The van der Waals surface area contributed by atoms with Crippen LogP contribution in [0.15, 0.2) is 261 Å². The minimum atomic E-state index is -0.466. The Bertz CT molecular complexity index is 4510. The van der Waals surface area contributed by atoms with Crippen molar-refractivity contribution in [1.82, 2.24) is 0 Å². The number of rotatable bonds is 6. The van der Waals surface area contributed by atoms with Gasteiger partial charge in [0.15, 0.2) is 0 Å². The van der Waals surface area contributed by atoms with Crippen molar-refractivity contribution in [2.75, 3.05) is 0 Å². The molecule has 1 aliphatic rings. The Kier molecular flexibility index (Phi) is 10.2. The summed E-state index contributed by atoms with van der Waals surface area (Å²) in [6.45, 7) is 0. The van der Waals surface area contributed by atoms with Gasteiger partial charge in [0.25, 0.3) is 0 Å². The summed E-state index contributed by atoms with van der Waals surface area (Å²) >= 11 is 1.77. The standard InChI is InChI=1S/C72H43Ge2/c73-67-39-9-7-26-56(67)51-25-6-5-24-50(51)54-32-15-36-60-65(54)43-66-55(57-38-17-41-69-70(57)62-27-8-10-40-68(62)74-69)33-16-37-61(66)72(60)71-58-34-13-30-52(48-28-11-20-44-18-1-3-22-46(44)48)63(58)42-64-53(31-14-35-59(64)71)49-29-12-21-45-19-2-4-23-47(45)49/h1-43H. The van der Waals surface area contributed by atoms with Crippen LogP contribution in [0.2, 0.25) is 0 Å². The zero-order chi connectivity index (χ0) is 48.9. The normalized spacial score (nSPS) is 12.1. The molecule has 0 nitrogen and oxygen atoms in total. The van der Waals surface area contributed by atoms with Crippen molar-refractivity contribution in [3.05, 3.63) is 261 Å². The monoisotopic (exact) mass is 1060 g/mol. The Morgan fingerprint density at radius 2 is 0.514 bits per heavy atom. The fraction of sp³-hybridized carbons (Fsp3) is 0. The second-order valence-electron chi connectivity index (χ2n) is 19.6. The van der Waals surface area contributed by atoms with Crippen molar-refractivity contribution >= 4 is 110 Å². The third-order valence-electron chi connectivity index (χ3n) is 15.7. The first-order chi connectivity index (χ1) is 36.7. The van der Waals surface area contributed by atoms with Gasteiger partial charge < -0.3 is 0 Å². The van der Waals surface area contributed by atoms with E-state index in [1.165, 1.54) is 156 Å². The van der Waals surface area contributed by atoms with Crippen LogP contribution in [-0.2, 0) is 0 Å². The van der Waals surface area contributed by atoms with E-state index in [2.05, 4.69) is 277 Å². The average Bonchev–Trinajstić information content (AvgIpc) is 3.87.